The minimum atomic E-state index is 0.167. The van der Waals surface area contributed by atoms with E-state index in [4.69, 9.17) is 9.72 Å². The Morgan fingerprint density at radius 3 is 2.61 bits per heavy atom. The Bertz CT molecular complexity index is 921. The van der Waals surface area contributed by atoms with E-state index in [1.54, 1.807) is 0 Å². The summed E-state index contributed by atoms with van der Waals surface area (Å²) in [5.74, 6) is 2.27. The quantitative estimate of drug-likeness (QED) is 0.349. The minimum Gasteiger partial charge on any atom is -0.494 e. The molecule has 0 saturated carbocycles. The van der Waals surface area contributed by atoms with Gasteiger partial charge in [0.05, 0.1) is 17.6 Å². The van der Waals surface area contributed by atoms with E-state index in [9.17, 15) is 4.79 Å². The maximum absolute atomic E-state index is 11.5. The number of nitrogens with zero attached hydrogens (tertiary/aromatic N) is 2. The summed E-state index contributed by atoms with van der Waals surface area (Å²) in [6.07, 6.45) is 7.78. The van der Waals surface area contributed by atoms with Gasteiger partial charge in [-0.05, 0) is 56.4 Å². The van der Waals surface area contributed by atoms with Crippen LogP contribution >= 0.6 is 0 Å². The number of hydrogen-bond acceptors (Lipinski definition) is 3. The fourth-order valence-electron chi connectivity index (χ4n) is 3.77. The molecule has 5 heteroatoms. The Morgan fingerprint density at radius 1 is 0.968 bits per heavy atom. The lowest BCUT2D eigenvalue weighted by molar-refractivity contribution is -0.121. The molecule has 1 amide bonds. The number of ether oxygens (including phenoxy) is 1. The third-order valence-corrected chi connectivity index (χ3v) is 5.40. The first-order valence-electron chi connectivity index (χ1n) is 11.7. The molecule has 1 aromatic heterocycles. The molecule has 0 bridgehead atoms. The molecule has 0 saturated heterocycles. The number of rotatable bonds is 14. The van der Waals surface area contributed by atoms with Gasteiger partial charge >= 0.3 is 0 Å². The van der Waals surface area contributed by atoms with Gasteiger partial charge in [-0.25, -0.2) is 4.98 Å². The molecule has 2 aromatic carbocycles. The van der Waals surface area contributed by atoms with Gasteiger partial charge in [0.1, 0.15) is 11.6 Å². The highest BCUT2D eigenvalue weighted by molar-refractivity contribution is 5.76. The van der Waals surface area contributed by atoms with E-state index >= 15 is 0 Å². The Balaban J connectivity index is 1.45. The summed E-state index contributed by atoms with van der Waals surface area (Å²) in [7, 11) is 0. The van der Waals surface area contributed by atoms with Crippen molar-refractivity contribution in [3.8, 4) is 5.75 Å². The van der Waals surface area contributed by atoms with E-state index in [0.717, 1.165) is 75.9 Å². The summed E-state index contributed by atoms with van der Waals surface area (Å²) in [6, 6.07) is 18.4. The lowest BCUT2D eigenvalue weighted by Crippen LogP contribution is -2.23. The van der Waals surface area contributed by atoms with Crippen molar-refractivity contribution in [2.75, 3.05) is 13.2 Å². The molecule has 3 aromatic rings. The summed E-state index contributed by atoms with van der Waals surface area (Å²) in [5.41, 5.74) is 2.29. The first kappa shape index (κ1) is 22.9. The van der Waals surface area contributed by atoms with Crippen LogP contribution in [0.25, 0.3) is 11.0 Å². The van der Waals surface area contributed by atoms with E-state index in [-0.39, 0.29) is 5.91 Å². The number of unbranched alkanes of at least 4 members (excludes halogenated alkanes) is 3. The van der Waals surface area contributed by atoms with E-state index in [1.807, 2.05) is 37.3 Å². The van der Waals surface area contributed by atoms with Crippen molar-refractivity contribution in [3.05, 3.63) is 60.4 Å². The predicted molar refractivity (Wildman–Crippen MR) is 126 cm³/mol. The molecular weight excluding hydrogens is 386 g/mol. The maximum atomic E-state index is 11.5. The summed E-state index contributed by atoms with van der Waals surface area (Å²) in [6.45, 7) is 4.50. The molecule has 0 fully saturated rings. The van der Waals surface area contributed by atoms with Gasteiger partial charge in [0.25, 0.3) is 0 Å². The largest absolute Gasteiger partial charge is 0.494 e. The second kappa shape index (κ2) is 12.8. The van der Waals surface area contributed by atoms with Crippen LogP contribution in [0, 0.1) is 0 Å². The fourth-order valence-corrected chi connectivity index (χ4v) is 3.77. The molecule has 0 aliphatic heterocycles. The monoisotopic (exact) mass is 421 g/mol. The van der Waals surface area contributed by atoms with E-state index in [2.05, 4.69) is 34.1 Å². The van der Waals surface area contributed by atoms with Crippen molar-refractivity contribution in [2.24, 2.45) is 0 Å². The van der Waals surface area contributed by atoms with Crippen molar-refractivity contribution in [2.45, 2.75) is 64.8 Å². The van der Waals surface area contributed by atoms with Crippen molar-refractivity contribution in [1.82, 2.24) is 14.9 Å². The van der Waals surface area contributed by atoms with E-state index in [0.29, 0.717) is 6.42 Å². The molecule has 5 nitrogen and oxygen atoms in total. The van der Waals surface area contributed by atoms with E-state index < -0.39 is 0 Å². The smallest absolute Gasteiger partial charge is 0.219 e. The third kappa shape index (κ3) is 7.42. The van der Waals surface area contributed by atoms with Crippen molar-refractivity contribution >= 4 is 16.9 Å². The van der Waals surface area contributed by atoms with Crippen LogP contribution in [-0.4, -0.2) is 28.6 Å². The molecule has 0 aliphatic rings. The number of imidazole rings is 1. The Morgan fingerprint density at radius 2 is 1.77 bits per heavy atom. The Kier molecular flexibility index (Phi) is 9.42. The zero-order valence-corrected chi connectivity index (χ0v) is 18.7. The van der Waals surface area contributed by atoms with Crippen molar-refractivity contribution < 1.29 is 9.53 Å². The number of carbonyl (C=O) groups excluding carboxylic acids is 1. The Labute approximate surface area is 185 Å². The molecule has 0 spiro atoms. The minimum absolute atomic E-state index is 0.167. The second-order valence-corrected chi connectivity index (χ2v) is 7.95. The molecule has 1 heterocycles. The lowest BCUT2D eigenvalue weighted by Gasteiger charge is -2.10. The van der Waals surface area contributed by atoms with Crippen molar-refractivity contribution in [3.63, 3.8) is 0 Å². The average molecular weight is 422 g/mol. The SMILES string of the molecule is CCCC(=O)NCCCCCc1nc2ccccc2n1CCCCOc1ccccc1. The molecule has 0 atom stereocenters. The molecule has 3 rings (SSSR count). The first-order chi connectivity index (χ1) is 15.3. The molecule has 31 heavy (non-hydrogen) atoms. The van der Waals surface area contributed by atoms with Crippen LogP contribution in [0.5, 0.6) is 5.75 Å². The summed E-state index contributed by atoms with van der Waals surface area (Å²) < 4.78 is 8.20. The summed E-state index contributed by atoms with van der Waals surface area (Å²) in [5, 5.41) is 3.00. The molecule has 0 radical (unpaired) electrons. The zero-order chi connectivity index (χ0) is 21.7. The van der Waals surface area contributed by atoms with Gasteiger partial charge in [-0.2, -0.15) is 0 Å². The lowest BCUT2D eigenvalue weighted by atomic mass is 10.2. The number of fused-ring (bicyclic) bond motifs is 1. The van der Waals surface area contributed by atoms with Crippen LogP contribution in [0.15, 0.2) is 54.6 Å². The molecule has 0 unspecified atom stereocenters. The van der Waals surface area contributed by atoms with Gasteiger partial charge in [0.15, 0.2) is 0 Å². The first-order valence-corrected chi connectivity index (χ1v) is 11.7. The standard InChI is InChI=1S/C26H35N3O2/c1-2-13-26(30)27-19-10-4-7-18-25-28-23-16-8-9-17-24(23)29(25)20-11-12-21-31-22-14-5-3-6-15-22/h3,5-6,8-9,14-17H,2,4,7,10-13,18-21H2,1H3,(H,27,30). The number of hydrogen-bond donors (Lipinski definition) is 1. The van der Waals surface area contributed by atoms with Crippen LogP contribution in [0.1, 0.15) is 57.7 Å². The number of nitrogens with one attached hydrogen (secondary N) is 1. The van der Waals surface area contributed by atoms with Gasteiger partial charge in [-0.1, -0.05) is 43.7 Å². The highest BCUT2D eigenvalue weighted by Crippen LogP contribution is 2.19. The van der Waals surface area contributed by atoms with Crippen LogP contribution in [0.3, 0.4) is 0 Å². The van der Waals surface area contributed by atoms with Gasteiger partial charge in [-0.15, -0.1) is 0 Å². The zero-order valence-electron chi connectivity index (χ0n) is 18.7. The number of para-hydroxylation sites is 3. The molecule has 1 N–H and O–H groups in total. The van der Waals surface area contributed by atoms with Gasteiger partial charge in [0.2, 0.25) is 5.91 Å². The second-order valence-electron chi connectivity index (χ2n) is 7.95. The Hall–Kier alpha value is -2.82. The van der Waals surface area contributed by atoms with Crippen molar-refractivity contribution in [1.29, 1.82) is 0 Å². The van der Waals surface area contributed by atoms with Crippen LogP contribution < -0.4 is 10.1 Å². The van der Waals surface area contributed by atoms with E-state index in [1.165, 1.54) is 11.3 Å². The van der Waals surface area contributed by atoms with Crippen LogP contribution in [0.4, 0.5) is 0 Å². The fraction of sp³-hybridized carbons (Fsp3) is 0.462. The number of aromatic nitrogens is 2. The number of benzene rings is 2. The topological polar surface area (TPSA) is 56.2 Å². The van der Waals surface area contributed by atoms with Crippen LogP contribution in [0.2, 0.25) is 0 Å². The molecule has 0 aliphatic carbocycles. The highest BCUT2D eigenvalue weighted by Gasteiger charge is 2.10. The maximum Gasteiger partial charge on any atom is 0.219 e. The van der Waals surface area contributed by atoms with Gasteiger partial charge in [0, 0.05) is 25.9 Å². The number of carbonyl (C=O) groups is 1. The number of amides is 1. The summed E-state index contributed by atoms with van der Waals surface area (Å²) in [4.78, 5) is 16.4. The third-order valence-electron chi connectivity index (χ3n) is 5.40. The predicted octanol–water partition coefficient (Wildman–Crippen LogP) is 5.52. The highest BCUT2D eigenvalue weighted by atomic mass is 16.5. The molecular formula is C26H35N3O2. The van der Waals surface area contributed by atoms with Gasteiger partial charge < -0.3 is 14.6 Å². The van der Waals surface area contributed by atoms with Crippen LogP contribution in [-0.2, 0) is 17.8 Å². The van der Waals surface area contributed by atoms with Gasteiger partial charge in [-0.3, -0.25) is 4.79 Å². The average Bonchev–Trinajstić information content (AvgIpc) is 3.14. The molecule has 166 valence electrons. The normalized spacial score (nSPS) is 11.0. The number of aryl methyl sites for hydroxylation is 2. The summed E-state index contributed by atoms with van der Waals surface area (Å²) >= 11 is 0.